The molecule has 0 fully saturated rings. The molecule has 1 atom stereocenters. The number of amides is 2. The molecule has 0 saturated carbocycles. The van der Waals surface area contributed by atoms with Gasteiger partial charge in [0.25, 0.3) is 0 Å². The van der Waals surface area contributed by atoms with Gasteiger partial charge in [-0.3, -0.25) is 13.9 Å². The molecule has 0 aliphatic heterocycles. The molecule has 0 aromatic heterocycles. The lowest BCUT2D eigenvalue weighted by Crippen LogP contribution is -2.52. The maximum absolute atomic E-state index is 13.4. The number of carbonyl (C=O) groups excluding carboxylic acids is 2. The predicted molar refractivity (Wildman–Crippen MR) is 129 cm³/mol. The summed E-state index contributed by atoms with van der Waals surface area (Å²) in [5.74, 6) is -0.822. The third-order valence-electron chi connectivity index (χ3n) is 4.97. The molecular formula is C22H27Cl2N3O4S. The standard InChI is InChI=1S/C22H27Cl2N3O4S/c1-4-19(22(29)25-2)26(13-12-16-8-6-5-7-9-16)21(28)15-27(32(3,30)31)20-11-10-17(23)14-18(20)24/h5-11,14,19H,4,12-13,15H2,1-3H3,(H,25,29). The van der Waals surface area contributed by atoms with Gasteiger partial charge in [-0.05, 0) is 36.6 Å². The van der Waals surface area contributed by atoms with Crippen molar-refractivity contribution in [1.29, 1.82) is 0 Å². The molecule has 174 valence electrons. The lowest BCUT2D eigenvalue weighted by atomic mass is 10.1. The van der Waals surface area contributed by atoms with Crippen LogP contribution in [0.25, 0.3) is 0 Å². The highest BCUT2D eigenvalue weighted by Gasteiger charge is 2.31. The summed E-state index contributed by atoms with van der Waals surface area (Å²) in [7, 11) is -2.35. The molecule has 0 aliphatic carbocycles. The fraction of sp³-hybridized carbons (Fsp3) is 0.364. The summed E-state index contributed by atoms with van der Waals surface area (Å²) in [4.78, 5) is 27.3. The van der Waals surface area contributed by atoms with Crippen LogP contribution in [0, 0.1) is 0 Å². The number of sulfonamides is 1. The Kier molecular flexibility index (Phi) is 9.36. The van der Waals surface area contributed by atoms with Crippen molar-refractivity contribution in [1.82, 2.24) is 10.2 Å². The van der Waals surface area contributed by atoms with Gasteiger partial charge in [-0.25, -0.2) is 8.42 Å². The first kappa shape index (κ1) is 26.0. The van der Waals surface area contributed by atoms with Crippen LogP contribution >= 0.6 is 23.2 Å². The monoisotopic (exact) mass is 499 g/mol. The molecule has 1 unspecified atom stereocenters. The number of anilines is 1. The van der Waals surface area contributed by atoms with E-state index in [-0.39, 0.29) is 23.2 Å². The summed E-state index contributed by atoms with van der Waals surface area (Å²) in [6.45, 7) is 1.55. The minimum Gasteiger partial charge on any atom is -0.357 e. The number of halogens is 2. The van der Waals surface area contributed by atoms with E-state index in [0.29, 0.717) is 17.9 Å². The van der Waals surface area contributed by atoms with Crippen LogP contribution in [0.3, 0.4) is 0 Å². The van der Waals surface area contributed by atoms with Crippen LogP contribution < -0.4 is 9.62 Å². The second-order valence-corrected chi connectivity index (χ2v) is 9.98. The van der Waals surface area contributed by atoms with E-state index in [0.717, 1.165) is 16.1 Å². The molecule has 0 saturated heterocycles. The maximum Gasteiger partial charge on any atom is 0.244 e. The van der Waals surface area contributed by atoms with E-state index in [1.54, 1.807) is 6.92 Å². The summed E-state index contributed by atoms with van der Waals surface area (Å²) >= 11 is 12.1. The van der Waals surface area contributed by atoms with Crippen molar-refractivity contribution >= 4 is 50.7 Å². The zero-order valence-corrected chi connectivity index (χ0v) is 20.5. The first-order valence-corrected chi connectivity index (χ1v) is 12.7. The van der Waals surface area contributed by atoms with Gasteiger partial charge in [0.1, 0.15) is 12.6 Å². The van der Waals surface area contributed by atoms with Gasteiger partial charge in [0.05, 0.1) is 17.0 Å². The van der Waals surface area contributed by atoms with Gasteiger partial charge in [-0.2, -0.15) is 0 Å². The zero-order valence-electron chi connectivity index (χ0n) is 18.2. The lowest BCUT2D eigenvalue weighted by Gasteiger charge is -2.32. The molecule has 10 heteroatoms. The fourth-order valence-electron chi connectivity index (χ4n) is 3.34. The largest absolute Gasteiger partial charge is 0.357 e. The number of rotatable bonds is 10. The van der Waals surface area contributed by atoms with E-state index in [1.165, 1.54) is 30.1 Å². The van der Waals surface area contributed by atoms with E-state index in [4.69, 9.17) is 23.2 Å². The molecule has 0 heterocycles. The van der Waals surface area contributed by atoms with Gasteiger partial charge in [0, 0.05) is 18.6 Å². The Labute approximate surface area is 199 Å². The van der Waals surface area contributed by atoms with Crippen molar-refractivity contribution in [2.75, 3.05) is 30.7 Å². The quantitative estimate of drug-likeness (QED) is 0.542. The van der Waals surface area contributed by atoms with Crippen molar-refractivity contribution in [2.24, 2.45) is 0 Å². The van der Waals surface area contributed by atoms with Crippen molar-refractivity contribution < 1.29 is 18.0 Å². The van der Waals surface area contributed by atoms with E-state index in [2.05, 4.69) is 5.32 Å². The molecule has 0 spiro atoms. The Morgan fingerprint density at radius 1 is 1.09 bits per heavy atom. The number of benzene rings is 2. The maximum atomic E-state index is 13.4. The van der Waals surface area contributed by atoms with E-state index in [1.807, 2.05) is 30.3 Å². The summed E-state index contributed by atoms with van der Waals surface area (Å²) in [5, 5.41) is 3.02. The van der Waals surface area contributed by atoms with E-state index in [9.17, 15) is 18.0 Å². The molecule has 2 rings (SSSR count). The van der Waals surface area contributed by atoms with Crippen LogP contribution in [0.2, 0.25) is 10.0 Å². The second-order valence-electron chi connectivity index (χ2n) is 7.23. The van der Waals surface area contributed by atoms with Crippen molar-refractivity contribution in [2.45, 2.75) is 25.8 Å². The van der Waals surface area contributed by atoms with Crippen LogP contribution in [0.1, 0.15) is 18.9 Å². The predicted octanol–water partition coefficient (Wildman–Crippen LogP) is 3.36. The number of hydrogen-bond donors (Lipinski definition) is 1. The Balaban J connectivity index is 2.37. The fourth-order valence-corrected chi connectivity index (χ4v) is 4.76. The normalized spacial score (nSPS) is 12.2. The second kappa shape index (κ2) is 11.5. The molecule has 1 N–H and O–H groups in total. The molecule has 7 nitrogen and oxygen atoms in total. The highest BCUT2D eigenvalue weighted by molar-refractivity contribution is 7.92. The summed E-state index contributed by atoms with van der Waals surface area (Å²) in [5.41, 5.74) is 1.14. The lowest BCUT2D eigenvalue weighted by molar-refractivity contribution is -0.139. The molecule has 2 amide bonds. The molecular weight excluding hydrogens is 473 g/mol. The van der Waals surface area contributed by atoms with Crippen LogP contribution in [-0.4, -0.2) is 57.6 Å². The third-order valence-corrected chi connectivity index (χ3v) is 6.64. The molecule has 0 aliphatic rings. The highest BCUT2D eigenvalue weighted by atomic mass is 35.5. The van der Waals surface area contributed by atoms with Gasteiger partial charge in [-0.15, -0.1) is 0 Å². The Hall–Kier alpha value is -2.29. The number of carbonyl (C=O) groups is 2. The first-order valence-electron chi connectivity index (χ1n) is 10.1. The number of nitrogens with zero attached hydrogens (tertiary/aromatic N) is 2. The van der Waals surface area contributed by atoms with Crippen molar-refractivity contribution in [3.63, 3.8) is 0 Å². The molecule has 2 aromatic carbocycles. The van der Waals surface area contributed by atoms with Gasteiger partial charge >= 0.3 is 0 Å². The summed E-state index contributed by atoms with van der Waals surface area (Å²) in [6.07, 6.45) is 1.89. The third kappa shape index (κ3) is 6.85. The van der Waals surface area contributed by atoms with Gasteiger partial charge in [0.2, 0.25) is 21.8 Å². The Morgan fingerprint density at radius 3 is 2.28 bits per heavy atom. The molecule has 0 radical (unpaired) electrons. The van der Waals surface area contributed by atoms with E-state index < -0.39 is 28.5 Å². The highest BCUT2D eigenvalue weighted by Crippen LogP contribution is 2.30. The van der Waals surface area contributed by atoms with Crippen molar-refractivity contribution in [3.8, 4) is 0 Å². The zero-order chi connectivity index (χ0) is 23.9. The Bertz CT molecular complexity index is 1050. The van der Waals surface area contributed by atoms with Crippen LogP contribution in [-0.2, 0) is 26.0 Å². The number of likely N-dealkylation sites (N-methyl/N-ethyl adjacent to an activating group) is 1. The average Bonchev–Trinajstić information content (AvgIpc) is 2.74. The topological polar surface area (TPSA) is 86.8 Å². The minimum absolute atomic E-state index is 0.102. The Morgan fingerprint density at radius 2 is 1.75 bits per heavy atom. The molecule has 0 bridgehead atoms. The average molecular weight is 500 g/mol. The number of hydrogen-bond acceptors (Lipinski definition) is 4. The number of nitrogens with one attached hydrogen (secondary N) is 1. The van der Waals surface area contributed by atoms with Crippen LogP contribution in [0.4, 0.5) is 5.69 Å². The van der Waals surface area contributed by atoms with Gasteiger partial charge < -0.3 is 10.2 Å². The smallest absolute Gasteiger partial charge is 0.244 e. The van der Waals surface area contributed by atoms with Crippen LogP contribution in [0.15, 0.2) is 48.5 Å². The molecule has 32 heavy (non-hydrogen) atoms. The summed E-state index contributed by atoms with van der Waals surface area (Å²) in [6, 6.07) is 13.2. The minimum atomic E-state index is -3.85. The summed E-state index contributed by atoms with van der Waals surface area (Å²) < 4.78 is 26.0. The van der Waals surface area contributed by atoms with E-state index >= 15 is 0 Å². The molecule has 2 aromatic rings. The SMILES string of the molecule is CCC(C(=O)NC)N(CCc1ccccc1)C(=O)CN(c1ccc(Cl)cc1Cl)S(C)(=O)=O. The van der Waals surface area contributed by atoms with Gasteiger partial charge in [-0.1, -0.05) is 60.5 Å². The first-order chi connectivity index (χ1) is 15.1. The van der Waals surface area contributed by atoms with Crippen LogP contribution in [0.5, 0.6) is 0 Å². The van der Waals surface area contributed by atoms with Gasteiger partial charge in [0.15, 0.2) is 0 Å². The van der Waals surface area contributed by atoms with Crippen molar-refractivity contribution in [3.05, 3.63) is 64.1 Å².